The molecule has 1 aromatic heterocycles. The molecule has 1 heterocycles. The van der Waals surface area contributed by atoms with E-state index in [9.17, 15) is 0 Å². The zero-order valence-electron chi connectivity index (χ0n) is 13.1. The summed E-state index contributed by atoms with van der Waals surface area (Å²) in [6.45, 7) is 0. The number of fused-ring (bicyclic) bond motifs is 1. The van der Waals surface area contributed by atoms with Crippen molar-refractivity contribution in [1.82, 2.24) is 9.97 Å². The van der Waals surface area contributed by atoms with Crippen LogP contribution in [0.15, 0.2) is 71.7 Å². The highest BCUT2D eigenvalue weighted by molar-refractivity contribution is 6.36. The molecule has 4 aromatic rings. The summed E-state index contributed by atoms with van der Waals surface area (Å²) in [5.41, 5.74) is 4.50. The lowest BCUT2D eigenvalue weighted by atomic mass is 10.2. The first kappa shape index (κ1) is 15.9. The molecule has 25 heavy (non-hydrogen) atoms. The molecule has 3 nitrogen and oxygen atoms in total. The SMILES string of the molecule is Clc1ccc(-c2nc3ccc(N=Cc4ccccc4)cc3[nH]2)c(Cl)c1. The molecule has 0 amide bonds. The van der Waals surface area contributed by atoms with Crippen LogP contribution in [0.3, 0.4) is 0 Å². The first-order valence-corrected chi connectivity index (χ1v) is 8.49. The number of halogens is 2. The van der Waals surface area contributed by atoms with Crippen LogP contribution in [0.5, 0.6) is 0 Å². The zero-order valence-corrected chi connectivity index (χ0v) is 14.6. The number of nitrogens with one attached hydrogen (secondary N) is 1. The number of imidazole rings is 1. The summed E-state index contributed by atoms with van der Waals surface area (Å²) < 4.78 is 0. The van der Waals surface area contributed by atoms with Gasteiger partial charge in [-0.15, -0.1) is 0 Å². The first-order chi connectivity index (χ1) is 12.2. The second-order valence-corrected chi connectivity index (χ2v) is 6.42. The molecule has 4 rings (SSSR count). The van der Waals surface area contributed by atoms with Crippen LogP contribution in [0.2, 0.25) is 10.0 Å². The highest BCUT2D eigenvalue weighted by Crippen LogP contribution is 2.30. The molecular formula is C20H13Cl2N3. The summed E-state index contributed by atoms with van der Waals surface area (Å²) in [5.74, 6) is 0.709. The fourth-order valence-electron chi connectivity index (χ4n) is 2.58. The molecule has 0 bridgehead atoms. The number of hydrogen-bond acceptors (Lipinski definition) is 2. The summed E-state index contributed by atoms with van der Waals surface area (Å²) in [6.07, 6.45) is 1.84. The maximum atomic E-state index is 6.27. The average Bonchev–Trinajstić information content (AvgIpc) is 3.03. The minimum Gasteiger partial charge on any atom is -0.338 e. The lowest BCUT2D eigenvalue weighted by molar-refractivity contribution is 1.34. The van der Waals surface area contributed by atoms with Crippen LogP contribution in [0.1, 0.15) is 5.56 Å². The first-order valence-electron chi connectivity index (χ1n) is 7.73. The standard InChI is InChI=1S/C20H13Cl2N3/c21-14-6-8-16(17(22)10-14)20-24-18-9-7-15(11-19(18)25-20)23-12-13-4-2-1-3-5-13/h1-12H,(H,24,25). The predicted molar refractivity (Wildman–Crippen MR) is 105 cm³/mol. The zero-order chi connectivity index (χ0) is 17.2. The fraction of sp³-hybridized carbons (Fsp3) is 0. The lowest BCUT2D eigenvalue weighted by Gasteiger charge is -2.00. The van der Waals surface area contributed by atoms with Crippen molar-refractivity contribution < 1.29 is 0 Å². The monoisotopic (exact) mass is 365 g/mol. The van der Waals surface area contributed by atoms with Gasteiger partial charge in [-0.3, -0.25) is 4.99 Å². The molecule has 0 fully saturated rings. The quantitative estimate of drug-likeness (QED) is 0.426. The number of aliphatic imine (C=N–C) groups is 1. The maximum Gasteiger partial charge on any atom is 0.140 e. The van der Waals surface area contributed by atoms with Crippen molar-refractivity contribution in [2.24, 2.45) is 4.99 Å². The second-order valence-electron chi connectivity index (χ2n) is 5.58. The van der Waals surface area contributed by atoms with Gasteiger partial charge in [0.1, 0.15) is 5.82 Å². The van der Waals surface area contributed by atoms with Gasteiger partial charge in [-0.1, -0.05) is 53.5 Å². The Morgan fingerprint density at radius 2 is 1.76 bits per heavy atom. The number of aromatic amines is 1. The molecule has 5 heteroatoms. The molecule has 0 radical (unpaired) electrons. The summed E-state index contributed by atoms with van der Waals surface area (Å²) in [7, 11) is 0. The predicted octanol–water partition coefficient (Wildman–Crippen LogP) is 6.29. The molecule has 0 atom stereocenters. The van der Waals surface area contributed by atoms with E-state index in [0.717, 1.165) is 27.8 Å². The van der Waals surface area contributed by atoms with E-state index in [4.69, 9.17) is 23.2 Å². The van der Waals surface area contributed by atoms with Gasteiger partial charge in [0.05, 0.1) is 21.7 Å². The molecule has 0 saturated carbocycles. The highest BCUT2D eigenvalue weighted by Gasteiger charge is 2.09. The van der Waals surface area contributed by atoms with Gasteiger partial charge < -0.3 is 4.98 Å². The Kier molecular flexibility index (Phi) is 4.26. The van der Waals surface area contributed by atoms with E-state index in [1.807, 2.05) is 60.8 Å². The van der Waals surface area contributed by atoms with E-state index in [-0.39, 0.29) is 0 Å². The minimum absolute atomic E-state index is 0.564. The normalized spacial score (nSPS) is 11.4. The van der Waals surface area contributed by atoms with Crippen molar-refractivity contribution >= 4 is 46.1 Å². The van der Waals surface area contributed by atoms with Crippen molar-refractivity contribution in [2.45, 2.75) is 0 Å². The van der Waals surface area contributed by atoms with Crippen molar-refractivity contribution in [3.05, 3.63) is 82.3 Å². The number of aromatic nitrogens is 2. The van der Waals surface area contributed by atoms with E-state index >= 15 is 0 Å². The van der Waals surface area contributed by atoms with E-state index in [1.165, 1.54) is 0 Å². The third kappa shape index (κ3) is 3.43. The van der Waals surface area contributed by atoms with Gasteiger partial charge in [-0.25, -0.2) is 4.98 Å². The molecule has 0 aliphatic carbocycles. The molecular weight excluding hydrogens is 353 g/mol. The van der Waals surface area contributed by atoms with Gasteiger partial charge >= 0.3 is 0 Å². The van der Waals surface area contributed by atoms with Gasteiger partial charge in [0, 0.05) is 16.8 Å². The molecule has 3 aromatic carbocycles. The van der Waals surface area contributed by atoms with Crippen LogP contribution in [0.25, 0.3) is 22.4 Å². The van der Waals surface area contributed by atoms with Gasteiger partial charge in [-0.05, 0) is 42.0 Å². The summed E-state index contributed by atoms with van der Waals surface area (Å²) in [4.78, 5) is 12.4. The fourth-order valence-corrected chi connectivity index (χ4v) is 3.07. The molecule has 122 valence electrons. The smallest absolute Gasteiger partial charge is 0.140 e. The number of hydrogen-bond donors (Lipinski definition) is 1. The van der Waals surface area contributed by atoms with Crippen molar-refractivity contribution in [3.63, 3.8) is 0 Å². The van der Waals surface area contributed by atoms with E-state index in [2.05, 4.69) is 15.0 Å². The van der Waals surface area contributed by atoms with Crippen LogP contribution < -0.4 is 0 Å². The lowest BCUT2D eigenvalue weighted by Crippen LogP contribution is -1.81. The number of benzene rings is 3. The van der Waals surface area contributed by atoms with E-state index < -0.39 is 0 Å². The topological polar surface area (TPSA) is 41.0 Å². The molecule has 0 unspecified atom stereocenters. The third-order valence-electron chi connectivity index (χ3n) is 3.81. The Hall–Kier alpha value is -2.62. The minimum atomic E-state index is 0.564. The Labute approximate surface area is 155 Å². The Morgan fingerprint density at radius 1 is 0.920 bits per heavy atom. The van der Waals surface area contributed by atoms with E-state index in [1.54, 1.807) is 12.1 Å². The van der Waals surface area contributed by atoms with Gasteiger partial charge in [0.25, 0.3) is 0 Å². The van der Waals surface area contributed by atoms with Gasteiger partial charge in [0.2, 0.25) is 0 Å². The van der Waals surface area contributed by atoms with Crippen molar-refractivity contribution in [3.8, 4) is 11.4 Å². The summed E-state index contributed by atoms with van der Waals surface area (Å²) in [5, 5.41) is 1.16. The Bertz CT molecular complexity index is 1070. The largest absolute Gasteiger partial charge is 0.338 e. The van der Waals surface area contributed by atoms with Crippen LogP contribution >= 0.6 is 23.2 Å². The van der Waals surface area contributed by atoms with Gasteiger partial charge in [-0.2, -0.15) is 0 Å². The maximum absolute atomic E-state index is 6.27. The number of nitrogens with zero attached hydrogens (tertiary/aromatic N) is 2. The van der Waals surface area contributed by atoms with Crippen LogP contribution in [-0.2, 0) is 0 Å². The highest BCUT2D eigenvalue weighted by atomic mass is 35.5. The average molecular weight is 366 g/mol. The Morgan fingerprint density at radius 3 is 2.56 bits per heavy atom. The van der Waals surface area contributed by atoms with Crippen molar-refractivity contribution in [2.75, 3.05) is 0 Å². The summed E-state index contributed by atoms with van der Waals surface area (Å²) in [6, 6.07) is 21.2. The van der Waals surface area contributed by atoms with Gasteiger partial charge in [0.15, 0.2) is 0 Å². The molecule has 1 N–H and O–H groups in total. The molecule has 0 spiro atoms. The third-order valence-corrected chi connectivity index (χ3v) is 4.36. The van der Waals surface area contributed by atoms with Crippen molar-refractivity contribution in [1.29, 1.82) is 0 Å². The molecule has 0 saturated heterocycles. The Balaban J connectivity index is 1.69. The second kappa shape index (κ2) is 6.71. The molecule has 0 aliphatic rings. The van der Waals surface area contributed by atoms with Crippen LogP contribution in [0.4, 0.5) is 5.69 Å². The van der Waals surface area contributed by atoms with Crippen LogP contribution in [0, 0.1) is 0 Å². The van der Waals surface area contributed by atoms with E-state index in [0.29, 0.717) is 15.9 Å². The molecule has 0 aliphatic heterocycles. The number of H-pyrrole nitrogens is 1. The number of rotatable bonds is 3. The van der Waals surface area contributed by atoms with Crippen LogP contribution in [-0.4, -0.2) is 16.2 Å². The summed E-state index contributed by atoms with van der Waals surface area (Å²) >= 11 is 12.2.